The van der Waals surface area contributed by atoms with E-state index in [2.05, 4.69) is 182 Å². The summed E-state index contributed by atoms with van der Waals surface area (Å²) in [6.07, 6.45) is 20.8. The van der Waals surface area contributed by atoms with E-state index in [1.165, 1.54) is 22.3 Å². The summed E-state index contributed by atoms with van der Waals surface area (Å²) < 4.78 is 45.3. The smallest absolute Gasteiger partial charge is 0.276 e. The number of benzene rings is 5. The Morgan fingerprint density at radius 1 is 0.296 bits per heavy atom. The molecular weight excluding hydrogens is 1570 g/mol. The SMILES string of the molecule is CC(C)(C)c1cc(-c2nc(-c3ccncc3)no2)cc(C(C)(C)C)c1.CCOc1ccc(-c2nc(-c3cncc(C)c3)no2)cc1OCC.CCn1nc(C)cc1-c1nc(-c2ccncc2)no1.Cc1ccc(-c2nc(-c3ccncc3C)no2)cc1C.Cc1cccc(-c2nc(-c3cccnc3)no2)c1.Cc1cncc(-c2noc(-c3cccc(C)c3)n2)c1. The molecule has 0 aliphatic carbocycles. The van der Waals surface area contributed by atoms with E-state index < -0.39 is 0 Å². The summed E-state index contributed by atoms with van der Waals surface area (Å²) in [5.74, 6) is 7.76. The van der Waals surface area contributed by atoms with E-state index in [9.17, 15) is 0 Å². The molecule has 28 heteroatoms. The molecule has 5 aromatic carbocycles. The second kappa shape index (κ2) is 40.3. The van der Waals surface area contributed by atoms with Gasteiger partial charge in [-0.25, -0.2) is 0 Å². The molecule has 632 valence electrons. The van der Waals surface area contributed by atoms with Crippen molar-refractivity contribution >= 4 is 0 Å². The minimum absolute atomic E-state index is 0.0456. The van der Waals surface area contributed by atoms with Crippen LogP contribution in [0.4, 0.5) is 0 Å². The van der Waals surface area contributed by atoms with Crippen LogP contribution in [0.2, 0.25) is 0 Å². The molecular formula is C97H96N20O8. The first-order valence-electron chi connectivity index (χ1n) is 40.6. The molecule has 0 unspecified atom stereocenters. The molecule has 0 amide bonds. The van der Waals surface area contributed by atoms with Crippen LogP contribution in [0.1, 0.15) is 118 Å². The van der Waals surface area contributed by atoms with Crippen molar-refractivity contribution in [2.45, 2.75) is 135 Å². The molecule has 0 saturated heterocycles. The van der Waals surface area contributed by atoms with Crippen molar-refractivity contribution in [3.8, 4) is 149 Å². The zero-order valence-electron chi connectivity index (χ0n) is 72.8. The highest BCUT2D eigenvalue weighted by Gasteiger charge is 2.25. The van der Waals surface area contributed by atoms with Crippen molar-refractivity contribution in [1.82, 2.24) is 101 Å². The van der Waals surface area contributed by atoms with E-state index in [-0.39, 0.29) is 10.8 Å². The normalized spacial score (nSPS) is 11.0. The lowest BCUT2D eigenvalue weighted by molar-refractivity contribution is 0.288. The fourth-order valence-corrected chi connectivity index (χ4v) is 12.5. The number of nitrogens with zero attached hydrogens (tertiary/aromatic N) is 20. The molecule has 13 heterocycles. The van der Waals surface area contributed by atoms with Crippen LogP contribution < -0.4 is 9.47 Å². The van der Waals surface area contributed by atoms with Crippen molar-refractivity contribution in [3.63, 3.8) is 0 Å². The molecule has 0 fully saturated rings. The quantitative estimate of drug-likeness (QED) is 0.0817. The van der Waals surface area contributed by atoms with Gasteiger partial charge < -0.3 is 36.6 Å². The Morgan fingerprint density at radius 3 is 1.18 bits per heavy atom. The van der Waals surface area contributed by atoms with Crippen LogP contribution >= 0.6 is 0 Å². The van der Waals surface area contributed by atoms with Crippen molar-refractivity contribution in [3.05, 3.63) is 294 Å². The topological polar surface area (TPSA) is 347 Å². The molecule has 28 nitrogen and oxygen atoms in total. The highest BCUT2D eigenvalue weighted by atomic mass is 16.5. The number of aromatic nitrogens is 20. The molecule has 0 aliphatic rings. The van der Waals surface area contributed by atoms with E-state index in [4.69, 9.17) is 36.6 Å². The van der Waals surface area contributed by atoms with Crippen LogP contribution in [0, 0.1) is 55.4 Å². The number of rotatable bonds is 17. The van der Waals surface area contributed by atoms with Gasteiger partial charge in [-0.05, 0) is 253 Å². The third-order valence-electron chi connectivity index (χ3n) is 19.3. The van der Waals surface area contributed by atoms with Crippen LogP contribution in [-0.2, 0) is 17.4 Å². The summed E-state index contributed by atoms with van der Waals surface area (Å²) in [5, 5.41) is 28.6. The molecule has 0 N–H and O–H groups in total. The Morgan fingerprint density at radius 2 is 0.712 bits per heavy atom. The van der Waals surface area contributed by atoms with Gasteiger partial charge in [-0.3, -0.25) is 34.6 Å². The summed E-state index contributed by atoms with van der Waals surface area (Å²) in [6.45, 7) is 37.2. The summed E-state index contributed by atoms with van der Waals surface area (Å²) in [5.41, 5.74) is 22.1. The van der Waals surface area contributed by atoms with Crippen molar-refractivity contribution in [2.75, 3.05) is 13.2 Å². The minimum Gasteiger partial charge on any atom is -0.490 e. The molecule has 0 aliphatic heterocycles. The standard InChI is InChI=1S/C21H25N3O.C18H19N3O3.C16H15N3O.C15H13N3O.C14H11N3O.C13H13N5O/c1-20(2,3)16-11-15(12-17(13-16)21(4,5)6)19-23-18(24-25-19)14-7-9-22-10-8-14;1-4-22-15-7-6-13(9-16(15)23-5-2)18-20-17(21-24-18)14-8-12(3)10-19-11-14;1-10-4-5-13(8-11(10)2)16-18-15(19-20-16)14-6-7-17-9-12(14)3;1-10-4-3-5-12(6-10)15-17-14(18-19-15)13-7-11(2)8-16-9-13;1-10-4-2-5-11(8-10)14-16-13(17-18-14)12-6-3-7-15-9-12;1-3-18-11(8-9(2)16-18)13-15-12(17-19-13)10-4-6-14-7-5-10/h7-13H,1-6H3;6-11H,4-5H2,1-3H3;4-9H,1-3H3;3-9H,1-2H3;2-9H,1H3;4-8H,3H2,1-2H3. The first-order chi connectivity index (χ1) is 60.3. The minimum atomic E-state index is 0.0456. The maximum atomic E-state index is 5.63. The van der Waals surface area contributed by atoms with Gasteiger partial charge in [-0.15, -0.1) is 0 Å². The van der Waals surface area contributed by atoms with Gasteiger partial charge in [0.1, 0.15) is 5.69 Å². The van der Waals surface area contributed by atoms with Crippen molar-refractivity contribution in [1.29, 1.82) is 0 Å². The molecule has 18 rings (SSSR count). The average Bonchev–Trinajstić information content (AvgIpc) is 1.71. The molecule has 125 heavy (non-hydrogen) atoms. The Balaban J connectivity index is 0.000000129. The molecule has 13 aromatic heterocycles. The van der Waals surface area contributed by atoms with Gasteiger partial charge in [-0.1, -0.05) is 120 Å². The van der Waals surface area contributed by atoms with Gasteiger partial charge in [-0.2, -0.15) is 35.0 Å². The van der Waals surface area contributed by atoms with E-state index in [1.54, 1.807) is 74.4 Å². The highest BCUT2D eigenvalue weighted by molar-refractivity contribution is 5.68. The number of ether oxygens (including phenoxy) is 2. The summed E-state index contributed by atoms with van der Waals surface area (Å²) >= 11 is 0. The fourth-order valence-electron chi connectivity index (χ4n) is 12.5. The summed E-state index contributed by atoms with van der Waals surface area (Å²) in [7, 11) is 0. The first kappa shape index (κ1) is 87.5. The van der Waals surface area contributed by atoms with Gasteiger partial charge in [0.05, 0.1) is 18.9 Å². The number of pyridine rings is 6. The highest BCUT2D eigenvalue weighted by Crippen LogP contribution is 2.37. The predicted molar refractivity (Wildman–Crippen MR) is 477 cm³/mol. The lowest BCUT2D eigenvalue weighted by Crippen LogP contribution is -2.16. The maximum Gasteiger partial charge on any atom is 0.276 e. The van der Waals surface area contributed by atoms with Gasteiger partial charge in [0.15, 0.2) is 11.5 Å². The fraction of sp³-hybridized carbons (Fsp3) is 0.227. The van der Waals surface area contributed by atoms with E-state index in [1.807, 2.05) is 200 Å². The van der Waals surface area contributed by atoms with Crippen molar-refractivity contribution in [2.24, 2.45) is 0 Å². The number of hydrogen-bond acceptors (Lipinski definition) is 27. The van der Waals surface area contributed by atoms with Gasteiger partial charge >= 0.3 is 0 Å². The third kappa shape index (κ3) is 23.0. The first-order valence-corrected chi connectivity index (χ1v) is 40.6. The monoisotopic (exact) mass is 1670 g/mol. The lowest BCUT2D eigenvalue weighted by atomic mass is 9.79. The van der Waals surface area contributed by atoms with Crippen LogP contribution in [0.15, 0.2) is 265 Å². The van der Waals surface area contributed by atoms with Gasteiger partial charge in [0, 0.05) is 142 Å². The molecule has 0 atom stereocenters. The van der Waals surface area contributed by atoms with E-state index in [0.29, 0.717) is 95.0 Å². The zero-order chi connectivity index (χ0) is 88.2. The van der Waals surface area contributed by atoms with Crippen molar-refractivity contribution < 1.29 is 36.6 Å². The maximum absolute atomic E-state index is 5.63. The van der Waals surface area contributed by atoms with Crippen LogP contribution in [0.25, 0.3) is 137 Å². The van der Waals surface area contributed by atoms with Crippen LogP contribution in [-0.4, -0.2) is 114 Å². The van der Waals surface area contributed by atoms with E-state index >= 15 is 0 Å². The Hall–Kier alpha value is -15.4. The summed E-state index contributed by atoms with van der Waals surface area (Å²) in [6, 6.07) is 53.2. The zero-order valence-corrected chi connectivity index (χ0v) is 72.8. The van der Waals surface area contributed by atoms with Crippen LogP contribution in [0.5, 0.6) is 11.5 Å². The number of hydrogen-bond donors (Lipinski definition) is 0. The van der Waals surface area contributed by atoms with Crippen LogP contribution in [0.3, 0.4) is 0 Å². The second-order valence-corrected chi connectivity index (χ2v) is 31.3. The Kier molecular flexibility index (Phi) is 28.2. The van der Waals surface area contributed by atoms with Gasteiger partial charge in [0.2, 0.25) is 34.9 Å². The predicted octanol–water partition coefficient (Wildman–Crippen LogP) is 21.9. The molecule has 0 bridgehead atoms. The third-order valence-corrected chi connectivity index (χ3v) is 19.3. The summed E-state index contributed by atoms with van der Waals surface area (Å²) in [4.78, 5) is 51.1. The molecule has 18 aromatic rings. The molecule has 0 spiro atoms. The van der Waals surface area contributed by atoms with E-state index in [0.717, 1.165) is 107 Å². The second-order valence-electron chi connectivity index (χ2n) is 31.3. The lowest BCUT2D eigenvalue weighted by Gasteiger charge is -2.25. The number of aryl methyl sites for hydroxylation is 9. The Bertz CT molecular complexity index is 6470. The average molecular weight is 1670 g/mol. The van der Waals surface area contributed by atoms with Gasteiger partial charge in [0.25, 0.3) is 35.3 Å². The molecule has 0 radical (unpaired) electrons. The Labute approximate surface area is 724 Å². The molecule has 0 saturated carbocycles. The largest absolute Gasteiger partial charge is 0.490 e.